The molecule has 1 amide bonds. The van der Waals surface area contributed by atoms with E-state index in [0.717, 1.165) is 28.7 Å². The van der Waals surface area contributed by atoms with E-state index >= 15 is 0 Å². The van der Waals surface area contributed by atoms with Gasteiger partial charge < -0.3 is 19.3 Å². The van der Waals surface area contributed by atoms with Crippen LogP contribution in [0.5, 0.6) is 17.2 Å². The topological polar surface area (TPSA) is 98.2 Å². The van der Waals surface area contributed by atoms with E-state index in [1.165, 1.54) is 16.2 Å². The molecule has 1 N–H and O–H groups in total. The third-order valence-corrected chi connectivity index (χ3v) is 8.23. The van der Waals surface area contributed by atoms with E-state index < -0.39 is 17.7 Å². The number of unbranched alkanes of at least 4 members (excludes halogenated alkanes) is 1. The third kappa shape index (κ3) is 5.44. The summed E-state index contributed by atoms with van der Waals surface area (Å²) < 4.78 is 18.0. The van der Waals surface area contributed by atoms with Crippen LogP contribution in [0.3, 0.4) is 0 Å². The van der Waals surface area contributed by atoms with Crippen molar-refractivity contribution in [3.63, 3.8) is 0 Å². The first kappa shape index (κ1) is 29.1. The standard InChI is InChI=1S/C33H34N2O6S/c1-6-8-15-41-25-14-11-21(17-26(25)39-5)29-28(30(36)23-16-19(3)9-10-20(23)4)31(37)32(38)35(29)33-34-24-13-12-22(40-7-2)18-27(24)42-33/h9-14,16-18,29,36H,6-8,15H2,1-5H3/b30-28+. The Morgan fingerprint density at radius 1 is 1.00 bits per heavy atom. The minimum Gasteiger partial charge on any atom is -0.507 e. The predicted molar refractivity (Wildman–Crippen MR) is 165 cm³/mol. The summed E-state index contributed by atoms with van der Waals surface area (Å²) in [5.41, 5.74) is 3.43. The van der Waals surface area contributed by atoms with E-state index in [2.05, 4.69) is 6.92 Å². The van der Waals surface area contributed by atoms with Crippen molar-refractivity contribution in [3.05, 3.63) is 82.4 Å². The van der Waals surface area contributed by atoms with E-state index in [9.17, 15) is 14.7 Å². The van der Waals surface area contributed by atoms with Gasteiger partial charge in [0.25, 0.3) is 5.78 Å². The summed E-state index contributed by atoms with van der Waals surface area (Å²) in [5.74, 6) is -0.0644. The lowest BCUT2D eigenvalue weighted by molar-refractivity contribution is -0.132. The molecule has 0 radical (unpaired) electrons. The van der Waals surface area contributed by atoms with Crippen LogP contribution in [0.25, 0.3) is 16.0 Å². The highest BCUT2D eigenvalue weighted by Crippen LogP contribution is 2.46. The zero-order valence-electron chi connectivity index (χ0n) is 24.4. The number of ether oxygens (including phenoxy) is 3. The summed E-state index contributed by atoms with van der Waals surface area (Å²) in [6.07, 6.45) is 1.88. The first-order chi connectivity index (χ1) is 20.3. The van der Waals surface area contributed by atoms with E-state index in [-0.39, 0.29) is 11.3 Å². The average Bonchev–Trinajstić information content (AvgIpc) is 3.51. The molecule has 218 valence electrons. The predicted octanol–water partition coefficient (Wildman–Crippen LogP) is 7.13. The Kier molecular flexibility index (Phi) is 8.49. The average molecular weight is 587 g/mol. The SMILES string of the molecule is CCCCOc1ccc(C2/C(=C(\O)c3cc(C)ccc3C)C(=O)C(=O)N2c2nc3ccc(OCC)cc3s2)cc1OC. The molecule has 4 aromatic rings. The molecular formula is C33H34N2O6S. The summed E-state index contributed by atoms with van der Waals surface area (Å²) in [6.45, 7) is 8.81. The van der Waals surface area contributed by atoms with Crippen LogP contribution in [-0.2, 0) is 9.59 Å². The number of fused-ring (bicyclic) bond motifs is 1. The number of nitrogens with zero attached hydrogens (tertiary/aromatic N) is 2. The number of aryl methyl sites for hydroxylation is 2. The molecule has 0 spiro atoms. The Balaban J connectivity index is 1.70. The molecule has 0 bridgehead atoms. The van der Waals surface area contributed by atoms with Crippen LogP contribution in [0.1, 0.15) is 55.0 Å². The molecule has 1 aliphatic heterocycles. The number of aliphatic hydroxyl groups excluding tert-OH is 1. The molecule has 42 heavy (non-hydrogen) atoms. The Morgan fingerprint density at radius 2 is 1.81 bits per heavy atom. The van der Waals surface area contributed by atoms with Crippen LogP contribution >= 0.6 is 11.3 Å². The zero-order chi connectivity index (χ0) is 30.0. The lowest BCUT2D eigenvalue weighted by Gasteiger charge is -2.24. The molecule has 5 rings (SSSR count). The monoisotopic (exact) mass is 586 g/mol. The first-order valence-corrected chi connectivity index (χ1v) is 14.8. The van der Waals surface area contributed by atoms with E-state index in [1.54, 1.807) is 25.3 Å². The van der Waals surface area contributed by atoms with Crippen molar-refractivity contribution in [1.82, 2.24) is 4.98 Å². The number of hydrogen-bond donors (Lipinski definition) is 1. The minimum absolute atomic E-state index is 0.00957. The molecule has 0 saturated carbocycles. The van der Waals surface area contributed by atoms with Gasteiger partial charge in [-0.05, 0) is 74.7 Å². The van der Waals surface area contributed by atoms with Gasteiger partial charge in [-0.3, -0.25) is 14.5 Å². The zero-order valence-corrected chi connectivity index (χ0v) is 25.2. The number of amides is 1. The van der Waals surface area contributed by atoms with E-state index in [4.69, 9.17) is 19.2 Å². The van der Waals surface area contributed by atoms with E-state index in [1.807, 2.05) is 57.2 Å². The fraction of sp³-hybridized carbons (Fsp3) is 0.303. The molecule has 1 fully saturated rings. The molecule has 1 aliphatic rings. The Morgan fingerprint density at radius 3 is 2.55 bits per heavy atom. The van der Waals surface area contributed by atoms with Crippen LogP contribution in [0.4, 0.5) is 5.13 Å². The highest BCUT2D eigenvalue weighted by Gasteiger charge is 2.48. The maximum Gasteiger partial charge on any atom is 0.301 e. The highest BCUT2D eigenvalue weighted by molar-refractivity contribution is 7.22. The second-order valence-electron chi connectivity index (χ2n) is 10.2. The fourth-order valence-corrected chi connectivity index (χ4v) is 6.05. The number of anilines is 1. The molecule has 1 aromatic heterocycles. The maximum absolute atomic E-state index is 13.7. The molecule has 1 atom stereocenters. The summed E-state index contributed by atoms with van der Waals surface area (Å²) >= 11 is 1.28. The van der Waals surface area contributed by atoms with Crippen molar-refractivity contribution >= 4 is 44.1 Å². The number of aromatic nitrogens is 1. The van der Waals surface area contributed by atoms with Crippen LogP contribution in [0, 0.1) is 13.8 Å². The minimum atomic E-state index is -0.949. The van der Waals surface area contributed by atoms with Gasteiger partial charge in [0.1, 0.15) is 11.5 Å². The second-order valence-corrected chi connectivity index (χ2v) is 11.2. The van der Waals surface area contributed by atoms with Crippen LogP contribution in [0.2, 0.25) is 0 Å². The molecule has 0 aliphatic carbocycles. The van der Waals surface area contributed by atoms with E-state index in [0.29, 0.717) is 52.2 Å². The smallest absolute Gasteiger partial charge is 0.301 e. The number of rotatable bonds is 10. The summed E-state index contributed by atoms with van der Waals surface area (Å²) in [5, 5.41) is 12.0. The third-order valence-electron chi connectivity index (χ3n) is 7.22. The number of methoxy groups -OCH3 is 1. The van der Waals surface area contributed by atoms with Crippen molar-refractivity contribution < 1.29 is 28.9 Å². The molecule has 3 aromatic carbocycles. The highest BCUT2D eigenvalue weighted by atomic mass is 32.1. The van der Waals surface area contributed by atoms with Crippen LogP contribution in [-0.4, -0.2) is 42.1 Å². The number of benzene rings is 3. The van der Waals surface area contributed by atoms with Gasteiger partial charge >= 0.3 is 5.91 Å². The summed E-state index contributed by atoms with van der Waals surface area (Å²) in [7, 11) is 1.54. The number of ketones is 1. The second kappa shape index (κ2) is 12.2. The number of thiazole rings is 1. The van der Waals surface area contributed by atoms with Crippen molar-refractivity contribution in [2.24, 2.45) is 0 Å². The molecule has 2 heterocycles. The molecule has 1 unspecified atom stereocenters. The van der Waals surface area contributed by atoms with Gasteiger partial charge in [-0.1, -0.05) is 48.4 Å². The number of hydrogen-bond acceptors (Lipinski definition) is 8. The molecule has 9 heteroatoms. The molecular weight excluding hydrogens is 552 g/mol. The maximum atomic E-state index is 13.7. The van der Waals surface area contributed by atoms with Gasteiger partial charge in [0.05, 0.1) is 42.2 Å². The number of aliphatic hydroxyl groups is 1. The van der Waals surface area contributed by atoms with Crippen molar-refractivity contribution in [1.29, 1.82) is 0 Å². The van der Waals surface area contributed by atoms with Crippen molar-refractivity contribution in [2.45, 2.75) is 46.6 Å². The number of carbonyl (C=O) groups is 2. The van der Waals surface area contributed by atoms with Crippen LogP contribution < -0.4 is 19.1 Å². The molecule has 1 saturated heterocycles. The van der Waals surface area contributed by atoms with Gasteiger partial charge in [0.2, 0.25) is 0 Å². The lowest BCUT2D eigenvalue weighted by atomic mass is 9.93. The van der Waals surface area contributed by atoms with Crippen LogP contribution in [0.15, 0.2) is 60.2 Å². The molecule has 8 nitrogen and oxygen atoms in total. The van der Waals surface area contributed by atoms with Crippen molar-refractivity contribution in [2.75, 3.05) is 25.2 Å². The Labute approximate surface area is 249 Å². The Hall–Kier alpha value is -4.37. The van der Waals surface area contributed by atoms with Gasteiger partial charge in [0, 0.05) is 5.56 Å². The normalized spacial score (nSPS) is 16.3. The lowest BCUT2D eigenvalue weighted by Crippen LogP contribution is -2.29. The number of Topliss-reactive ketones (excluding diaryl/α,β-unsaturated/α-hetero) is 1. The van der Waals surface area contributed by atoms with Gasteiger partial charge in [-0.25, -0.2) is 4.98 Å². The van der Waals surface area contributed by atoms with Crippen molar-refractivity contribution in [3.8, 4) is 17.2 Å². The number of carbonyl (C=O) groups excluding carboxylic acids is 2. The quantitative estimate of drug-likeness (QED) is 0.0914. The summed E-state index contributed by atoms with van der Waals surface area (Å²) in [6, 6.07) is 15.5. The largest absolute Gasteiger partial charge is 0.507 e. The fourth-order valence-electron chi connectivity index (χ4n) is 5.03. The van der Waals surface area contributed by atoms with Gasteiger partial charge in [0.15, 0.2) is 16.6 Å². The van der Waals surface area contributed by atoms with Gasteiger partial charge in [-0.15, -0.1) is 0 Å². The van der Waals surface area contributed by atoms with Gasteiger partial charge in [-0.2, -0.15) is 0 Å². The Bertz CT molecular complexity index is 1690. The summed E-state index contributed by atoms with van der Waals surface area (Å²) in [4.78, 5) is 33.6. The first-order valence-electron chi connectivity index (χ1n) is 14.0.